The van der Waals surface area contributed by atoms with Crippen LogP contribution >= 0.6 is 0 Å². The monoisotopic (exact) mass is 276 g/mol. The molecular formula is C15H21BO4. The molecular weight excluding hydrogens is 255 g/mol. The summed E-state index contributed by atoms with van der Waals surface area (Å²) in [6.07, 6.45) is 1.99. The predicted octanol–water partition coefficient (Wildman–Crippen LogP) is 1.70. The van der Waals surface area contributed by atoms with E-state index in [9.17, 15) is 4.79 Å². The molecule has 1 aliphatic rings. The zero-order valence-electron chi connectivity index (χ0n) is 12.3. The fraction of sp³-hybridized carbons (Fsp3) is 0.533. The maximum atomic E-state index is 10.6. The van der Waals surface area contributed by atoms with Crippen LogP contribution in [0.5, 0.6) is 0 Å². The van der Waals surface area contributed by atoms with Crippen molar-refractivity contribution in [1.29, 1.82) is 0 Å². The van der Waals surface area contributed by atoms with Crippen LogP contribution in [-0.4, -0.2) is 31.9 Å². The van der Waals surface area contributed by atoms with E-state index in [0.29, 0.717) is 6.61 Å². The largest absolute Gasteiger partial charge is 0.494 e. The molecule has 108 valence electrons. The number of hydrogen-bond donors (Lipinski definition) is 0. The van der Waals surface area contributed by atoms with Gasteiger partial charge in [-0.3, -0.25) is 4.79 Å². The zero-order chi connectivity index (χ0) is 14.5. The second kappa shape index (κ2) is 6.91. The number of ether oxygens (including phenoxy) is 1. The lowest BCUT2D eigenvalue weighted by Gasteiger charge is -2.07. The summed E-state index contributed by atoms with van der Waals surface area (Å²) in [4.78, 5) is 10.6. The molecule has 1 fully saturated rings. The van der Waals surface area contributed by atoms with Gasteiger partial charge in [0.15, 0.2) is 0 Å². The molecule has 1 heterocycles. The average molecular weight is 276 g/mol. The Morgan fingerprint density at radius 1 is 1.20 bits per heavy atom. The first-order valence-electron chi connectivity index (χ1n) is 7.09. The summed E-state index contributed by atoms with van der Waals surface area (Å²) in [7, 11) is -0.255. The Bertz CT molecular complexity index is 436. The third-order valence-corrected chi connectivity index (χ3v) is 3.50. The normalized spacial score (nSPS) is 22.1. The number of hydrogen-bond acceptors (Lipinski definition) is 4. The number of aryl methyl sites for hydroxylation is 1. The Balaban J connectivity index is 1.82. The van der Waals surface area contributed by atoms with Crippen molar-refractivity contribution in [3.63, 3.8) is 0 Å². The lowest BCUT2D eigenvalue weighted by molar-refractivity contribution is -0.141. The van der Waals surface area contributed by atoms with Crippen LogP contribution in [0.3, 0.4) is 0 Å². The van der Waals surface area contributed by atoms with Gasteiger partial charge in [-0.15, -0.1) is 0 Å². The van der Waals surface area contributed by atoms with Crippen molar-refractivity contribution in [2.75, 3.05) is 6.61 Å². The van der Waals surface area contributed by atoms with Crippen molar-refractivity contribution in [2.45, 2.75) is 45.8 Å². The van der Waals surface area contributed by atoms with Crippen molar-refractivity contribution in [3.05, 3.63) is 29.8 Å². The second-order valence-electron chi connectivity index (χ2n) is 5.20. The molecule has 2 rings (SSSR count). The lowest BCUT2D eigenvalue weighted by atomic mass is 9.79. The highest BCUT2D eigenvalue weighted by Crippen LogP contribution is 2.15. The Kier molecular flexibility index (Phi) is 5.20. The van der Waals surface area contributed by atoms with Gasteiger partial charge in [-0.25, -0.2) is 0 Å². The van der Waals surface area contributed by atoms with Crippen molar-refractivity contribution in [3.8, 4) is 0 Å². The van der Waals surface area contributed by atoms with Crippen LogP contribution in [0.15, 0.2) is 24.3 Å². The highest BCUT2D eigenvalue weighted by atomic mass is 16.7. The van der Waals surface area contributed by atoms with Crippen LogP contribution in [0, 0.1) is 0 Å². The quantitative estimate of drug-likeness (QED) is 0.466. The van der Waals surface area contributed by atoms with Gasteiger partial charge >= 0.3 is 13.1 Å². The topological polar surface area (TPSA) is 44.8 Å². The second-order valence-corrected chi connectivity index (χ2v) is 5.20. The van der Waals surface area contributed by atoms with Gasteiger partial charge in [0.1, 0.15) is 0 Å². The van der Waals surface area contributed by atoms with Crippen LogP contribution in [0.1, 0.15) is 32.8 Å². The third-order valence-electron chi connectivity index (χ3n) is 3.50. The highest BCUT2D eigenvalue weighted by Gasteiger charge is 2.35. The third kappa shape index (κ3) is 4.08. The summed E-state index contributed by atoms with van der Waals surface area (Å²) in [6, 6.07) is 8.22. The summed E-state index contributed by atoms with van der Waals surface area (Å²) >= 11 is 0. The number of esters is 1. The van der Waals surface area contributed by atoms with Crippen LogP contribution in [0.25, 0.3) is 0 Å². The lowest BCUT2D eigenvalue weighted by Crippen LogP contribution is -2.32. The van der Waals surface area contributed by atoms with E-state index in [1.165, 1.54) is 12.5 Å². The fourth-order valence-corrected chi connectivity index (χ4v) is 2.13. The molecule has 0 saturated carbocycles. The SMILES string of the molecule is CC(=O)OCCCc1ccc(B2OC(C)C(C)O2)cc1. The standard InChI is InChI=1S/C15H21BO4/c1-11-12(2)20-16(19-11)15-8-6-14(7-9-15)5-4-10-18-13(3)17/h6-9,11-12H,4-5,10H2,1-3H3. The summed E-state index contributed by atoms with van der Waals surface area (Å²) < 4.78 is 16.4. The molecule has 0 amide bonds. The van der Waals surface area contributed by atoms with E-state index >= 15 is 0 Å². The fourth-order valence-electron chi connectivity index (χ4n) is 2.13. The number of carbonyl (C=O) groups is 1. The van der Waals surface area contributed by atoms with E-state index < -0.39 is 0 Å². The molecule has 0 radical (unpaired) electrons. The maximum absolute atomic E-state index is 10.6. The van der Waals surface area contributed by atoms with E-state index in [-0.39, 0.29) is 25.3 Å². The summed E-state index contributed by atoms with van der Waals surface area (Å²) in [6.45, 7) is 5.95. The smallest absolute Gasteiger partial charge is 0.466 e. The summed E-state index contributed by atoms with van der Waals surface area (Å²) in [5.74, 6) is -0.223. The van der Waals surface area contributed by atoms with Gasteiger partial charge in [-0.1, -0.05) is 24.3 Å². The summed E-state index contributed by atoms with van der Waals surface area (Å²) in [5.41, 5.74) is 2.27. The molecule has 0 bridgehead atoms. The Hall–Kier alpha value is -1.33. The van der Waals surface area contributed by atoms with E-state index in [1.54, 1.807) is 0 Å². The minimum atomic E-state index is -0.255. The van der Waals surface area contributed by atoms with Gasteiger partial charge in [0.2, 0.25) is 0 Å². The molecule has 0 aliphatic carbocycles. The first kappa shape index (κ1) is 15.1. The number of benzene rings is 1. The molecule has 1 saturated heterocycles. The van der Waals surface area contributed by atoms with Gasteiger partial charge in [0, 0.05) is 6.92 Å². The van der Waals surface area contributed by atoms with Gasteiger partial charge in [-0.05, 0) is 37.7 Å². The average Bonchev–Trinajstić information content (AvgIpc) is 2.75. The Morgan fingerprint density at radius 2 is 1.80 bits per heavy atom. The molecule has 4 nitrogen and oxygen atoms in total. The molecule has 0 N–H and O–H groups in total. The predicted molar refractivity (Wildman–Crippen MR) is 77.9 cm³/mol. The minimum Gasteiger partial charge on any atom is -0.466 e. The van der Waals surface area contributed by atoms with Crippen molar-refractivity contribution in [2.24, 2.45) is 0 Å². The van der Waals surface area contributed by atoms with Crippen molar-refractivity contribution >= 4 is 18.6 Å². The minimum absolute atomic E-state index is 0.128. The van der Waals surface area contributed by atoms with Crippen molar-refractivity contribution < 1.29 is 18.8 Å². The van der Waals surface area contributed by atoms with Crippen LogP contribution in [0.2, 0.25) is 0 Å². The zero-order valence-corrected chi connectivity index (χ0v) is 12.3. The van der Waals surface area contributed by atoms with Gasteiger partial charge in [-0.2, -0.15) is 0 Å². The van der Waals surface area contributed by atoms with Gasteiger partial charge < -0.3 is 14.0 Å². The molecule has 5 heteroatoms. The van der Waals surface area contributed by atoms with E-state index in [1.807, 2.05) is 26.0 Å². The number of carbonyl (C=O) groups excluding carboxylic acids is 1. The maximum Gasteiger partial charge on any atom is 0.494 e. The molecule has 2 atom stereocenters. The molecule has 1 aromatic rings. The molecule has 0 aromatic heterocycles. The molecule has 1 aromatic carbocycles. The van der Waals surface area contributed by atoms with Crippen LogP contribution < -0.4 is 5.46 Å². The first-order valence-corrected chi connectivity index (χ1v) is 7.09. The molecule has 2 unspecified atom stereocenters. The van der Waals surface area contributed by atoms with Crippen LogP contribution in [0.4, 0.5) is 0 Å². The molecule has 0 spiro atoms. The number of rotatable bonds is 5. The van der Waals surface area contributed by atoms with E-state index in [2.05, 4.69) is 12.1 Å². The summed E-state index contributed by atoms with van der Waals surface area (Å²) in [5, 5.41) is 0. The van der Waals surface area contributed by atoms with Gasteiger partial charge in [0.05, 0.1) is 18.8 Å². The van der Waals surface area contributed by atoms with Crippen molar-refractivity contribution in [1.82, 2.24) is 0 Å². The highest BCUT2D eigenvalue weighted by molar-refractivity contribution is 6.61. The Morgan fingerprint density at radius 3 is 2.35 bits per heavy atom. The van der Waals surface area contributed by atoms with E-state index in [0.717, 1.165) is 18.3 Å². The first-order chi connectivity index (χ1) is 9.56. The molecule has 1 aliphatic heterocycles. The van der Waals surface area contributed by atoms with E-state index in [4.69, 9.17) is 14.0 Å². The van der Waals surface area contributed by atoms with Crippen LogP contribution in [-0.2, 0) is 25.3 Å². The Labute approximate surface area is 120 Å². The molecule has 20 heavy (non-hydrogen) atoms. The van der Waals surface area contributed by atoms with Gasteiger partial charge in [0.25, 0.3) is 0 Å².